The standard InChI is InChI=1S/C22H24N6O/c1-15-12-19(22(29)25-16(2)13-27-11-7-10-23-27)20-17(3)26-28(21(20)24-15)14-18-8-5-4-6-9-18/h4-12,16H,13-14H2,1-3H3,(H,25,29). The number of benzene rings is 1. The average molecular weight is 388 g/mol. The summed E-state index contributed by atoms with van der Waals surface area (Å²) in [6.45, 7) is 7.01. The van der Waals surface area contributed by atoms with E-state index in [9.17, 15) is 4.79 Å². The molecule has 0 fully saturated rings. The van der Waals surface area contributed by atoms with Gasteiger partial charge in [-0.2, -0.15) is 10.2 Å². The topological polar surface area (TPSA) is 77.6 Å². The molecule has 0 spiro atoms. The summed E-state index contributed by atoms with van der Waals surface area (Å²) >= 11 is 0. The van der Waals surface area contributed by atoms with Crippen LogP contribution < -0.4 is 5.32 Å². The molecule has 3 heterocycles. The zero-order chi connectivity index (χ0) is 20.4. The van der Waals surface area contributed by atoms with Crippen LogP contribution in [0.2, 0.25) is 0 Å². The summed E-state index contributed by atoms with van der Waals surface area (Å²) in [5.74, 6) is -0.123. The van der Waals surface area contributed by atoms with Gasteiger partial charge in [0.1, 0.15) is 0 Å². The predicted octanol–water partition coefficient (Wildman–Crippen LogP) is 3.11. The molecule has 0 saturated carbocycles. The minimum Gasteiger partial charge on any atom is -0.348 e. The van der Waals surface area contributed by atoms with Crippen LogP contribution in [-0.2, 0) is 13.1 Å². The van der Waals surface area contributed by atoms with Gasteiger partial charge in [-0.05, 0) is 38.5 Å². The van der Waals surface area contributed by atoms with E-state index in [1.165, 1.54) is 0 Å². The van der Waals surface area contributed by atoms with Crippen molar-refractivity contribution in [3.8, 4) is 0 Å². The molecule has 1 N–H and O–H groups in total. The lowest BCUT2D eigenvalue weighted by Crippen LogP contribution is -2.36. The number of nitrogens with one attached hydrogen (secondary N) is 1. The molecule has 1 atom stereocenters. The second-order valence-corrected chi connectivity index (χ2v) is 7.34. The van der Waals surface area contributed by atoms with E-state index in [2.05, 4.69) is 32.6 Å². The van der Waals surface area contributed by atoms with Gasteiger partial charge in [-0.15, -0.1) is 0 Å². The van der Waals surface area contributed by atoms with Gasteiger partial charge < -0.3 is 5.32 Å². The maximum atomic E-state index is 13.1. The van der Waals surface area contributed by atoms with Crippen LogP contribution in [0, 0.1) is 13.8 Å². The SMILES string of the molecule is Cc1cc(C(=O)NC(C)Cn2cccn2)c2c(C)nn(Cc3ccccc3)c2n1. The first-order valence-corrected chi connectivity index (χ1v) is 9.68. The molecule has 29 heavy (non-hydrogen) atoms. The van der Waals surface area contributed by atoms with Gasteiger partial charge in [0.25, 0.3) is 5.91 Å². The monoisotopic (exact) mass is 388 g/mol. The molecular weight excluding hydrogens is 364 g/mol. The molecular formula is C22H24N6O. The Balaban J connectivity index is 1.64. The Bertz CT molecular complexity index is 1130. The van der Waals surface area contributed by atoms with E-state index in [-0.39, 0.29) is 11.9 Å². The zero-order valence-corrected chi connectivity index (χ0v) is 16.8. The van der Waals surface area contributed by atoms with E-state index in [1.54, 1.807) is 6.20 Å². The summed E-state index contributed by atoms with van der Waals surface area (Å²) in [6.07, 6.45) is 3.62. The van der Waals surface area contributed by atoms with E-state index in [0.717, 1.165) is 28.0 Å². The summed E-state index contributed by atoms with van der Waals surface area (Å²) in [6, 6.07) is 13.8. The quantitative estimate of drug-likeness (QED) is 0.551. The molecule has 0 aliphatic carbocycles. The van der Waals surface area contributed by atoms with Gasteiger partial charge in [-0.25, -0.2) is 9.67 Å². The third-order valence-corrected chi connectivity index (χ3v) is 4.82. The van der Waals surface area contributed by atoms with Crippen LogP contribution in [0.15, 0.2) is 54.9 Å². The highest BCUT2D eigenvalue weighted by Crippen LogP contribution is 2.23. The third kappa shape index (κ3) is 4.03. The van der Waals surface area contributed by atoms with Crippen LogP contribution >= 0.6 is 0 Å². The molecule has 1 aromatic carbocycles. The molecule has 0 saturated heterocycles. The van der Waals surface area contributed by atoms with Gasteiger partial charge in [0.05, 0.1) is 29.7 Å². The predicted molar refractivity (Wildman–Crippen MR) is 112 cm³/mol. The van der Waals surface area contributed by atoms with Crippen molar-refractivity contribution < 1.29 is 4.79 Å². The highest BCUT2D eigenvalue weighted by molar-refractivity contribution is 6.06. The summed E-state index contributed by atoms with van der Waals surface area (Å²) in [5.41, 5.74) is 4.07. The van der Waals surface area contributed by atoms with Crippen molar-refractivity contribution >= 4 is 16.9 Å². The summed E-state index contributed by atoms with van der Waals surface area (Å²) < 4.78 is 3.68. The van der Waals surface area contributed by atoms with Crippen LogP contribution in [0.4, 0.5) is 0 Å². The Labute approximate surface area is 169 Å². The molecule has 7 heteroatoms. The van der Waals surface area contributed by atoms with Crippen LogP contribution in [0.5, 0.6) is 0 Å². The number of rotatable bonds is 6. The molecule has 1 amide bonds. The number of carbonyl (C=O) groups excluding carboxylic acids is 1. The highest BCUT2D eigenvalue weighted by Gasteiger charge is 2.20. The number of nitrogens with zero attached hydrogens (tertiary/aromatic N) is 5. The molecule has 7 nitrogen and oxygen atoms in total. The fraction of sp³-hybridized carbons (Fsp3) is 0.273. The van der Waals surface area contributed by atoms with Gasteiger partial charge >= 0.3 is 0 Å². The molecule has 0 bridgehead atoms. The smallest absolute Gasteiger partial charge is 0.252 e. The molecule has 4 aromatic rings. The number of carbonyl (C=O) groups is 1. The molecule has 0 aliphatic rings. The highest BCUT2D eigenvalue weighted by atomic mass is 16.1. The lowest BCUT2D eigenvalue weighted by atomic mass is 10.1. The molecule has 1 unspecified atom stereocenters. The number of hydrogen-bond donors (Lipinski definition) is 1. The summed E-state index contributed by atoms with van der Waals surface area (Å²) in [5, 5.41) is 12.7. The summed E-state index contributed by atoms with van der Waals surface area (Å²) in [4.78, 5) is 17.7. The van der Waals surface area contributed by atoms with Crippen molar-refractivity contribution in [2.45, 2.75) is 39.9 Å². The van der Waals surface area contributed by atoms with Crippen molar-refractivity contribution in [1.29, 1.82) is 0 Å². The van der Waals surface area contributed by atoms with E-state index >= 15 is 0 Å². The molecule has 0 aliphatic heterocycles. The third-order valence-electron chi connectivity index (χ3n) is 4.82. The number of hydrogen-bond acceptors (Lipinski definition) is 4. The largest absolute Gasteiger partial charge is 0.348 e. The minimum absolute atomic E-state index is 0.0643. The Morgan fingerprint density at radius 2 is 1.97 bits per heavy atom. The van der Waals surface area contributed by atoms with Crippen LogP contribution in [-0.4, -0.2) is 36.5 Å². The van der Waals surface area contributed by atoms with Gasteiger partial charge in [0.15, 0.2) is 5.65 Å². The Morgan fingerprint density at radius 3 is 2.69 bits per heavy atom. The van der Waals surface area contributed by atoms with Crippen molar-refractivity contribution in [2.24, 2.45) is 0 Å². The maximum absolute atomic E-state index is 13.1. The number of aromatic nitrogens is 5. The first-order valence-electron chi connectivity index (χ1n) is 9.68. The van der Waals surface area contributed by atoms with E-state index < -0.39 is 0 Å². The number of amides is 1. The number of fused-ring (bicyclic) bond motifs is 1. The van der Waals surface area contributed by atoms with E-state index in [0.29, 0.717) is 18.7 Å². The maximum Gasteiger partial charge on any atom is 0.252 e. The van der Waals surface area contributed by atoms with Crippen molar-refractivity contribution in [1.82, 2.24) is 29.9 Å². The fourth-order valence-corrected chi connectivity index (χ4v) is 3.56. The van der Waals surface area contributed by atoms with Gasteiger partial charge in [0, 0.05) is 24.1 Å². The van der Waals surface area contributed by atoms with Gasteiger partial charge in [-0.1, -0.05) is 30.3 Å². The van der Waals surface area contributed by atoms with Crippen molar-refractivity contribution in [3.63, 3.8) is 0 Å². The van der Waals surface area contributed by atoms with Crippen LogP contribution in [0.25, 0.3) is 11.0 Å². The minimum atomic E-state index is -0.123. The van der Waals surface area contributed by atoms with Gasteiger partial charge in [0.2, 0.25) is 0 Å². The molecule has 148 valence electrons. The average Bonchev–Trinajstić information content (AvgIpc) is 3.30. The Morgan fingerprint density at radius 1 is 1.17 bits per heavy atom. The fourth-order valence-electron chi connectivity index (χ4n) is 3.56. The van der Waals surface area contributed by atoms with Crippen LogP contribution in [0.3, 0.4) is 0 Å². The Kier molecular flexibility index (Phi) is 5.12. The Hall–Kier alpha value is -3.48. The van der Waals surface area contributed by atoms with E-state index in [4.69, 9.17) is 0 Å². The number of pyridine rings is 1. The van der Waals surface area contributed by atoms with E-state index in [1.807, 2.05) is 66.7 Å². The second kappa shape index (κ2) is 7.87. The normalized spacial score (nSPS) is 12.2. The first kappa shape index (κ1) is 18.9. The summed E-state index contributed by atoms with van der Waals surface area (Å²) in [7, 11) is 0. The molecule has 3 aromatic heterocycles. The number of aryl methyl sites for hydroxylation is 2. The molecule has 0 radical (unpaired) electrons. The lowest BCUT2D eigenvalue weighted by molar-refractivity contribution is 0.0937. The second-order valence-electron chi connectivity index (χ2n) is 7.34. The zero-order valence-electron chi connectivity index (χ0n) is 16.8. The lowest BCUT2D eigenvalue weighted by Gasteiger charge is -2.15. The van der Waals surface area contributed by atoms with Gasteiger partial charge in [-0.3, -0.25) is 9.48 Å². The first-order chi connectivity index (χ1) is 14.0. The van der Waals surface area contributed by atoms with Crippen LogP contribution in [0.1, 0.15) is 34.2 Å². The van der Waals surface area contributed by atoms with Crippen molar-refractivity contribution in [2.75, 3.05) is 0 Å². The van der Waals surface area contributed by atoms with Crippen molar-refractivity contribution in [3.05, 3.63) is 77.4 Å². The molecule has 4 rings (SSSR count).